The van der Waals surface area contributed by atoms with E-state index in [0.717, 1.165) is 0 Å². The zero-order valence-electron chi connectivity index (χ0n) is 6.22. The third-order valence-electron chi connectivity index (χ3n) is 1.18. The molecule has 0 spiro atoms. The van der Waals surface area contributed by atoms with Crippen LogP contribution in [-0.2, 0) is 0 Å². The van der Waals surface area contributed by atoms with E-state index in [1.807, 2.05) is 0 Å². The second kappa shape index (κ2) is 5.12. The molecule has 0 aliphatic rings. The average molecular weight is 206 g/mol. The topological polar surface area (TPSA) is 18.5 Å². The van der Waals surface area contributed by atoms with Crippen LogP contribution in [0.15, 0.2) is 18.2 Å². The van der Waals surface area contributed by atoms with Gasteiger partial charge in [-0.2, -0.15) is 0 Å². The molecule has 0 atom stereocenters. The lowest BCUT2D eigenvalue weighted by Gasteiger charge is -2.04. The van der Waals surface area contributed by atoms with Crippen molar-refractivity contribution in [3.05, 3.63) is 24.3 Å². The Morgan fingerprint density at radius 2 is 1.58 bits per heavy atom. The quantitative estimate of drug-likeness (QED) is 0.705. The van der Waals surface area contributed by atoms with E-state index in [-0.39, 0.29) is 12.1 Å². The van der Waals surface area contributed by atoms with Crippen LogP contribution in [0.2, 0.25) is 0 Å². The van der Waals surface area contributed by atoms with Crippen LogP contribution >= 0.6 is 23.2 Å². The van der Waals surface area contributed by atoms with Crippen LogP contribution in [0, 0.1) is 6.07 Å². The molecule has 0 aliphatic heterocycles. The highest BCUT2D eigenvalue weighted by molar-refractivity contribution is 6.17. The number of halogens is 2. The largest absolute Gasteiger partial charge is 0.478 e. The average Bonchev–Trinajstić information content (AvgIpc) is 2.06. The van der Waals surface area contributed by atoms with Crippen molar-refractivity contribution in [1.82, 2.24) is 0 Å². The van der Waals surface area contributed by atoms with Gasteiger partial charge in [-0.05, 0) is 18.2 Å². The van der Waals surface area contributed by atoms with Crippen molar-refractivity contribution in [2.75, 3.05) is 12.1 Å². The molecule has 0 unspecified atom stereocenters. The Balaban J connectivity index is 2.67. The molecule has 12 heavy (non-hydrogen) atoms. The maximum absolute atomic E-state index is 5.36. The van der Waals surface area contributed by atoms with Gasteiger partial charge in [0, 0.05) is 6.07 Å². The van der Waals surface area contributed by atoms with Crippen molar-refractivity contribution in [3.63, 3.8) is 0 Å². The van der Waals surface area contributed by atoms with E-state index < -0.39 is 0 Å². The Labute approximate surface area is 81.0 Å². The molecule has 1 aromatic carbocycles. The van der Waals surface area contributed by atoms with E-state index in [0.29, 0.717) is 11.5 Å². The summed E-state index contributed by atoms with van der Waals surface area (Å²) >= 11 is 10.7. The summed E-state index contributed by atoms with van der Waals surface area (Å²) < 4.78 is 10.0. The number of benzene rings is 1. The Hall–Kier alpha value is -0.600. The van der Waals surface area contributed by atoms with Gasteiger partial charge in [0.25, 0.3) is 0 Å². The second-order valence-electron chi connectivity index (χ2n) is 1.91. The van der Waals surface area contributed by atoms with E-state index in [9.17, 15) is 0 Å². The lowest BCUT2D eigenvalue weighted by Crippen LogP contribution is -1.92. The zero-order valence-corrected chi connectivity index (χ0v) is 7.73. The predicted molar refractivity (Wildman–Crippen MR) is 48.0 cm³/mol. The highest BCUT2D eigenvalue weighted by Gasteiger charge is 1.95. The molecular formula is C8H7Cl2O2. The summed E-state index contributed by atoms with van der Waals surface area (Å²) in [4.78, 5) is 0. The van der Waals surface area contributed by atoms with Crippen LogP contribution in [-0.4, -0.2) is 12.1 Å². The molecule has 0 N–H and O–H groups in total. The number of ether oxygens (including phenoxy) is 2. The summed E-state index contributed by atoms with van der Waals surface area (Å²) in [5.74, 6) is 1.24. The third kappa shape index (κ3) is 2.80. The van der Waals surface area contributed by atoms with Crippen LogP contribution in [0.4, 0.5) is 0 Å². The molecule has 2 nitrogen and oxygen atoms in total. The number of hydrogen-bond donors (Lipinski definition) is 0. The zero-order chi connectivity index (χ0) is 8.81. The van der Waals surface area contributed by atoms with Crippen molar-refractivity contribution < 1.29 is 9.47 Å². The van der Waals surface area contributed by atoms with E-state index >= 15 is 0 Å². The smallest absolute Gasteiger partial charge is 0.162 e. The molecule has 0 saturated carbocycles. The molecule has 0 saturated heterocycles. The van der Waals surface area contributed by atoms with Gasteiger partial charge < -0.3 is 9.47 Å². The minimum Gasteiger partial charge on any atom is -0.478 e. The van der Waals surface area contributed by atoms with Gasteiger partial charge in [0.15, 0.2) is 12.1 Å². The third-order valence-corrected chi connectivity index (χ3v) is 1.40. The fourth-order valence-corrected chi connectivity index (χ4v) is 0.974. The van der Waals surface area contributed by atoms with Crippen LogP contribution in [0.5, 0.6) is 11.5 Å². The number of rotatable bonds is 4. The molecule has 1 rings (SSSR count). The Morgan fingerprint density at radius 1 is 1.08 bits per heavy atom. The van der Waals surface area contributed by atoms with E-state index in [4.69, 9.17) is 32.7 Å². The Morgan fingerprint density at radius 3 is 2.00 bits per heavy atom. The van der Waals surface area contributed by atoms with Crippen LogP contribution in [0.1, 0.15) is 0 Å². The van der Waals surface area contributed by atoms with Crippen LogP contribution in [0.3, 0.4) is 0 Å². The van der Waals surface area contributed by atoms with Crippen molar-refractivity contribution >= 4 is 23.2 Å². The fourth-order valence-electron chi connectivity index (χ4n) is 0.722. The standard InChI is InChI=1S/C8H7Cl2O2/c9-5-11-7-2-1-3-8(4-7)12-6-10/h2-4H,5-6H2. The lowest BCUT2D eigenvalue weighted by atomic mass is 10.3. The first-order chi connectivity index (χ1) is 5.86. The van der Waals surface area contributed by atoms with Crippen molar-refractivity contribution in [1.29, 1.82) is 0 Å². The first-order valence-corrected chi connectivity index (χ1v) is 4.32. The van der Waals surface area contributed by atoms with Gasteiger partial charge in [0.1, 0.15) is 11.5 Å². The molecule has 0 aliphatic carbocycles. The van der Waals surface area contributed by atoms with Crippen LogP contribution in [0.25, 0.3) is 0 Å². The number of hydrogen-bond acceptors (Lipinski definition) is 2. The minimum atomic E-state index is 0.109. The summed E-state index contributed by atoms with van der Waals surface area (Å²) in [7, 11) is 0. The monoisotopic (exact) mass is 205 g/mol. The maximum Gasteiger partial charge on any atom is 0.162 e. The van der Waals surface area contributed by atoms with Crippen molar-refractivity contribution in [2.24, 2.45) is 0 Å². The lowest BCUT2D eigenvalue weighted by molar-refractivity contribution is 0.368. The molecule has 4 heteroatoms. The molecule has 1 radical (unpaired) electrons. The Kier molecular flexibility index (Phi) is 4.05. The van der Waals surface area contributed by atoms with Gasteiger partial charge in [0.2, 0.25) is 0 Å². The summed E-state index contributed by atoms with van der Waals surface area (Å²) in [6.07, 6.45) is 0. The second-order valence-corrected chi connectivity index (χ2v) is 2.35. The predicted octanol–water partition coefficient (Wildman–Crippen LogP) is 2.64. The highest BCUT2D eigenvalue weighted by atomic mass is 35.5. The molecular weight excluding hydrogens is 199 g/mol. The van der Waals surface area contributed by atoms with Gasteiger partial charge in [-0.3, -0.25) is 0 Å². The minimum absolute atomic E-state index is 0.109. The van der Waals surface area contributed by atoms with Gasteiger partial charge in [-0.1, -0.05) is 23.2 Å². The SMILES string of the molecule is ClCOc1c[c]cc(OCCl)c1. The maximum atomic E-state index is 5.36. The first-order valence-electron chi connectivity index (χ1n) is 3.25. The summed E-state index contributed by atoms with van der Waals surface area (Å²) in [6, 6.07) is 8.09. The van der Waals surface area contributed by atoms with E-state index in [1.54, 1.807) is 18.2 Å². The van der Waals surface area contributed by atoms with Crippen molar-refractivity contribution in [2.45, 2.75) is 0 Å². The van der Waals surface area contributed by atoms with Gasteiger partial charge in [0.05, 0.1) is 0 Å². The Bertz CT molecular complexity index is 219. The number of alkyl halides is 2. The molecule has 0 fully saturated rings. The molecule has 0 aromatic heterocycles. The molecule has 1 aromatic rings. The van der Waals surface area contributed by atoms with Gasteiger partial charge >= 0.3 is 0 Å². The van der Waals surface area contributed by atoms with Crippen molar-refractivity contribution in [3.8, 4) is 11.5 Å². The molecule has 0 bridgehead atoms. The van der Waals surface area contributed by atoms with E-state index in [2.05, 4.69) is 6.07 Å². The normalized spacial score (nSPS) is 9.50. The summed E-state index contributed by atoms with van der Waals surface area (Å²) in [5.41, 5.74) is 0. The van der Waals surface area contributed by atoms with E-state index in [1.165, 1.54) is 0 Å². The highest BCUT2D eigenvalue weighted by Crippen LogP contribution is 2.19. The molecule has 0 heterocycles. The van der Waals surface area contributed by atoms with Gasteiger partial charge in [-0.15, -0.1) is 0 Å². The van der Waals surface area contributed by atoms with Gasteiger partial charge in [-0.25, -0.2) is 0 Å². The fraction of sp³-hybridized carbons (Fsp3) is 0.250. The summed E-state index contributed by atoms with van der Waals surface area (Å²) in [5, 5.41) is 0. The molecule has 65 valence electrons. The first kappa shape index (κ1) is 9.49. The molecule has 0 amide bonds. The van der Waals surface area contributed by atoms with Crippen LogP contribution < -0.4 is 9.47 Å². The summed E-state index contributed by atoms with van der Waals surface area (Å²) in [6.45, 7) is 0.